The molecule has 0 aromatic heterocycles. The fourth-order valence-corrected chi connectivity index (χ4v) is 2.40. The molecule has 4 nitrogen and oxygen atoms in total. The molecule has 0 rings (SSSR count). The van der Waals surface area contributed by atoms with Crippen LogP contribution in [0.3, 0.4) is 0 Å². The zero-order valence-electron chi connectivity index (χ0n) is 11.1. The molecule has 0 unspecified atom stereocenters. The fourth-order valence-electron chi connectivity index (χ4n) is 1.41. The van der Waals surface area contributed by atoms with Crippen LogP contribution in [0.1, 0.15) is 39.0 Å². The molecule has 0 aromatic rings. The number of alkyl halides is 2. The molecular formula is C11H21F2O4P. The van der Waals surface area contributed by atoms with E-state index in [2.05, 4.69) is 9.05 Å². The van der Waals surface area contributed by atoms with Crippen LogP contribution in [0.5, 0.6) is 0 Å². The number of unbranched alkanes of at least 4 members (excludes halogenated alkanes) is 3. The molecule has 0 fully saturated rings. The molecule has 18 heavy (non-hydrogen) atoms. The average molecular weight is 286 g/mol. The molecule has 0 saturated carbocycles. The summed E-state index contributed by atoms with van der Waals surface area (Å²) in [5.74, 6) is -4.84. The average Bonchev–Trinajstić information content (AvgIpc) is 2.34. The van der Waals surface area contributed by atoms with Crippen LogP contribution in [0.25, 0.3) is 0 Å². The third-order valence-corrected chi connectivity index (χ3v) is 4.43. The normalized spacial score (nSPS) is 12.7. The maximum absolute atomic E-state index is 13.5. The van der Waals surface area contributed by atoms with E-state index in [0.29, 0.717) is 6.42 Å². The molecule has 0 atom stereocenters. The van der Waals surface area contributed by atoms with Crippen molar-refractivity contribution in [1.29, 1.82) is 0 Å². The number of Topliss-reactive ketones (excluding diaryl/α,β-unsaturated/α-hetero) is 1. The van der Waals surface area contributed by atoms with E-state index in [0.717, 1.165) is 27.1 Å². The van der Waals surface area contributed by atoms with Gasteiger partial charge in [-0.3, -0.25) is 9.36 Å². The van der Waals surface area contributed by atoms with Gasteiger partial charge in [0.1, 0.15) is 6.16 Å². The van der Waals surface area contributed by atoms with Crippen molar-refractivity contribution >= 4 is 13.4 Å². The molecule has 0 heterocycles. The van der Waals surface area contributed by atoms with Crippen molar-refractivity contribution in [2.24, 2.45) is 0 Å². The lowest BCUT2D eigenvalue weighted by Crippen LogP contribution is -2.31. The lowest BCUT2D eigenvalue weighted by atomic mass is 10.1. The largest absolute Gasteiger partial charge is 0.337 e. The maximum Gasteiger partial charge on any atom is 0.337 e. The number of carbonyl (C=O) groups excluding carboxylic acids is 1. The molecule has 0 saturated heterocycles. The summed E-state index contributed by atoms with van der Waals surface area (Å²) in [5.41, 5.74) is 0. The number of carbonyl (C=O) groups is 1. The second kappa shape index (κ2) is 7.97. The van der Waals surface area contributed by atoms with E-state index in [-0.39, 0.29) is 6.42 Å². The number of rotatable bonds is 10. The van der Waals surface area contributed by atoms with Crippen LogP contribution in [0, 0.1) is 0 Å². The van der Waals surface area contributed by atoms with E-state index in [1.54, 1.807) is 0 Å². The van der Waals surface area contributed by atoms with Crippen LogP contribution in [0.2, 0.25) is 0 Å². The molecule has 0 aliphatic carbocycles. The van der Waals surface area contributed by atoms with Crippen LogP contribution < -0.4 is 0 Å². The number of hydrogen-bond donors (Lipinski definition) is 0. The first-order valence-corrected chi connectivity index (χ1v) is 7.65. The molecule has 0 aliphatic rings. The minimum absolute atomic E-state index is 0.275. The van der Waals surface area contributed by atoms with E-state index in [1.807, 2.05) is 6.92 Å². The highest BCUT2D eigenvalue weighted by molar-refractivity contribution is 7.54. The van der Waals surface area contributed by atoms with E-state index in [9.17, 15) is 18.1 Å². The Balaban J connectivity index is 4.33. The van der Waals surface area contributed by atoms with Crippen LogP contribution in [-0.2, 0) is 18.4 Å². The van der Waals surface area contributed by atoms with Crippen molar-refractivity contribution in [1.82, 2.24) is 0 Å². The SMILES string of the molecule is CCCCCCC(F)(F)C(=O)CP(=O)(OC)OC. The summed E-state index contributed by atoms with van der Waals surface area (Å²) in [5, 5.41) is 0. The van der Waals surface area contributed by atoms with Crippen molar-refractivity contribution in [3.8, 4) is 0 Å². The molecule has 7 heteroatoms. The van der Waals surface area contributed by atoms with Gasteiger partial charge in [-0.25, -0.2) is 0 Å². The highest BCUT2D eigenvalue weighted by Gasteiger charge is 2.42. The summed E-state index contributed by atoms with van der Waals surface area (Å²) in [6, 6.07) is 0. The molecule has 108 valence electrons. The molecule has 0 aromatic carbocycles. The Morgan fingerprint density at radius 2 is 1.72 bits per heavy atom. The first-order valence-electron chi connectivity index (χ1n) is 5.93. The second-order valence-electron chi connectivity index (χ2n) is 4.07. The highest BCUT2D eigenvalue weighted by Crippen LogP contribution is 2.47. The van der Waals surface area contributed by atoms with Gasteiger partial charge >= 0.3 is 13.5 Å². The Hall–Kier alpha value is -0.320. The van der Waals surface area contributed by atoms with Gasteiger partial charge in [0.25, 0.3) is 0 Å². The molecule has 0 N–H and O–H groups in total. The summed E-state index contributed by atoms with van der Waals surface area (Å²) >= 11 is 0. The Kier molecular flexibility index (Phi) is 7.83. The highest BCUT2D eigenvalue weighted by atomic mass is 31.2. The van der Waals surface area contributed by atoms with Crippen LogP contribution in [0.4, 0.5) is 8.78 Å². The number of halogens is 2. The summed E-state index contributed by atoms with van der Waals surface area (Å²) in [6.45, 7) is 1.97. The van der Waals surface area contributed by atoms with Gasteiger partial charge in [0.05, 0.1) is 0 Å². The fraction of sp³-hybridized carbons (Fsp3) is 0.909. The molecule has 0 aliphatic heterocycles. The third kappa shape index (κ3) is 6.03. The van der Waals surface area contributed by atoms with Gasteiger partial charge in [-0.2, -0.15) is 8.78 Å². The topological polar surface area (TPSA) is 52.6 Å². The second-order valence-corrected chi connectivity index (χ2v) is 6.34. The summed E-state index contributed by atoms with van der Waals surface area (Å²) in [7, 11) is -1.58. The van der Waals surface area contributed by atoms with E-state index >= 15 is 0 Å². The molecule has 0 bridgehead atoms. The Morgan fingerprint density at radius 1 is 1.17 bits per heavy atom. The van der Waals surface area contributed by atoms with Crippen LogP contribution >= 0.6 is 7.60 Å². The van der Waals surface area contributed by atoms with Gasteiger partial charge in [-0.15, -0.1) is 0 Å². The molecule has 0 spiro atoms. The van der Waals surface area contributed by atoms with Crippen molar-refractivity contribution in [3.63, 3.8) is 0 Å². The van der Waals surface area contributed by atoms with Crippen molar-refractivity contribution in [3.05, 3.63) is 0 Å². The molecular weight excluding hydrogens is 265 g/mol. The minimum atomic E-state index is -3.71. The van der Waals surface area contributed by atoms with Crippen LogP contribution in [-0.4, -0.2) is 32.1 Å². The van der Waals surface area contributed by atoms with Gasteiger partial charge in [0.15, 0.2) is 0 Å². The van der Waals surface area contributed by atoms with E-state index in [4.69, 9.17) is 0 Å². The van der Waals surface area contributed by atoms with E-state index < -0.39 is 31.9 Å². The van der Waals surface area contributed by atoms with Gasteiger partial charge < -0.3 is 9.05 Å². The molecule has 0 amide bonds. The van der Waals surface area contributed by atoms with Gasteiger partial charge in [-0.05, 0) is 6.42 Å². The Morgan fingerprint density at radius 3 is 2.17 bits per heavy atom. The Bertz CT molecular complexity index is 299. The lowest BCUT2D eigenvalue weighted by Gasteiger charge is -2.18. The smallest absolute Gasteiger partial charge is 0.312 e. The Labute approximate surface area is 107 Å². The number of ketones is 1. The standard InChI is InChI=1S/C11H21F2O4P/c1-4-5-6-7-8-11(12,13)10(14)9-18(15,16-2)17-3/h4-9H2,1-3H3. The predicted molar refractivity (Wildman–Crippen MR) is 65.2 cm³/mol. The van der Waals surface area contributed by atoms with Crippen molar-refractivity contribution in [2.45, 2.75) is 45.0 Å². The van der Waals surface area contributed by atoms with E-state index in [1.165, 1.54) is 0 Å². The van der Waals surface area contributed by atoms with Crippen molar-refractivity contribution in [2.75, 3.05) is 20.4 Å². The van der Waals surface area contributed by atoms with Crippen LogP contribution in [0.15, 0.2) is 0 Å². The number of hydrogen-bond acceptors (Lipinski definition) is 4. The summed E-state index contributed by atoms with van der Waals surface area (Å²) in [6.07, 6.45) is 1.32. The van der Waals surface area contributed by atoms with Crippen molar-refractivity contribution < 1.29 is 27.2 Å². The van der Waals surface area contributed by atoms with Gasteiger partial charge in [0.2, 0.25) is 5.78 Å². The zero-order valence-corrected chi connectivity index (χ0v) is 12.0. The minimum Gasteiger partial charge on any atom is -0.312 e. The molecule has 0 radical (unpaired) electrons. The first kappa shape index (κ1) is 17.7. The third-order valence-electron chi connectivity index (χ3n) is 2.65. The van der Waals surface area contributed by atoms with Gasteiger partial charge in [0, 0.05) is 20.6 Å². The maximum atomic E-state index is 13.5. The summed E-state index contributed by atoms with van der Waals surface area (Å²) in [4.78, 5) is 11.4. The summed E-state index contributed by atoms with van der Waals surface area (Å²) < 4.78 is 47.5. The monoisotopic (exact) mass is 286 g/mol. The first-order chi connectivity index (χ1) is 8.31. The van der Waals surface area contributed by atoms with Gasteiger partial charge in [-0.1, -0.05) is 26.2 Å². The quantitative estimate of drug-likeness (QED) is 0.454. The lowest BCUT2D eigenvalue weighted by molar-refractivity contribution is -0.141. The predicted octanol–water partition coefficient (Wildman–Crippen LogP) is 3.65. The zero-order chi connectivity index (χ0) is 14.2.